The Bertz CT molecular complexity index is 808. The molecule has 0 fully saturated rings. The number of amides is 1. The first kappa shape index (κ1) is 18.9. The van der Waals surface area contributed by atoms with Crippen molar-refractivity contribution in [3.8, 4) is 0 Å². The van der Waals surface area contributed by atoms with Gasteiger partial charge in [0, 0.05) is 17.6 Å². The Morgan fingerprint density at radius 3 is 2.60 bits per heavy atom. The predicted octanol–water partition coefficient (Wildman–Crippen LogP) is 3.94. The van der Waals surface area contributed by atoms with Gasteiger partial charge in [-0.2, -0.15) is 0 Å². The summed E-state index contributed by atoms with van der Waals surface area (Å²) < 4.78 is 0. The largest absolute Gasteiger partial charge is 0.319 e. The average molecular weight is 362 g/mol. The first-order valence-corrected chi connectivity index (χ1v) is 8.12. The highest BCUT2D eigenvalue weighted by Crippen LogP contribution is 2.27. The van der Waals surface area contributed by atoms with Crippen molar-refractivity contribution in [2.45, 2.75) is 20.4 Å². The summed E-state index contributed by atoms with van der Waals surface area (Å²) in [7, 11) is 1.83. The minimum absolute atomic E-state index is 0.118. The highest BCUT2D eigenvalue weighted by atomic mass is 35.5. The number of aryl methyl sites for hydroxylation is 2. The van der Waals surface area contributed by atoms with Crippen LogP contribution < -0.4 is 5.32 Å². The molecule has 0 aliphatic heterocycles. The highest BCUT2D eigenvalue weighted by molar-refractivity contribution is 6.31. The summed E-state index contributed by atoms with van der Waals surface area (Å²) in [6.07, 6.45) is 0. The van der Waals surface area contributed by atoms with E-state index in [2.05, 4.69) is 11.4 Å². The number of halogens is 1. The summed E-state index contributed by atoms with van der Waals surface area (Å²) >= 11 is 5.77. The van der Waals surface area contributed by atoms with Gasteiger partial charge in [0.15, 0.2) is 0 Å². The average Bonchev–Trinajstić information content (AvgIpc) is 2.51. The molecule has 7 heteroatoms. The number of benzene rings is 2. The predicted molar refractivity (Wildman–Crippen MR) is 99.0 cm³/mol. The molecule has 6 nitrogen and oxygen atoms in total. The molecule has 2 rings (SSSR count). The van der Waals surface area contributed by atoms with Gasteiger partial charge in [-0.15, -0.1) is 0 Å². The summed E-state index contributed by atoms with van der Waals surface area (Å²) in [6.45, 7) is 4.80. The van der Waals surface area contributed by atoms with Crippen LogP contribution in [0, 0.1) is 24.0 Å². The van der Waals surface area contributed by atoms with Crippen LogP contribution in [0.25, 0.3) is 0 Å². The van der Waals surface area contributed by atoms with Gasteiger partial charge in [0.05, 0.1) is 11.5 Å². The molecule has 0 unspecified atom stereocenters. The van der Waals surface area contributed by atoms with Gasteiger partial charge in [-0.05, 0) is 44.2 Å². The fourth-order valence-corrected chi connectivity index (χ4v) is 2.73. The fourth-order valence-electron chi connectivity index (χ4n) is 2.57. The van der Waals surface area contributed by atoms with Crippen LogP contribution in [-0.2, 0) is 11.3 Å². The van der Waals surface area contributed by atoms with Crippen LogP contribution in [0.15, 0.2) is 36.4 Å². The Morgan fingerprint density at radius 2 is 1.96 bits per heavy atom. The van der Waals surface area contributed by atoms with Gasteiger partial charge in [-0.3, -0.25) is 19.8 Å². The van der Waals surface area contributed by atoms with Crippen molar-refractivity contribution >= 4 is 28.9 Å². The Balaban J connectivity index is 2.01. The van der Waals surface area contributed by atoms with E-state index in [1.807, 2.05) is 37.9 Å². The summed E-state index contributed by atoms with van der Waals surface area (Å²) in [5, 5.41) is 13.9. The lowest BCUT2D eigenvalue weighted by atomic mass is 10.1. The van der Waals surface area contributed by atoms with E-state index in [0.717, 1.165) is 5.56 Å². The summed E-state index contributed by atoms with van der Waals surface area (Å²) in [6, 6.07) is 10.3. The maximum atomic E-state index is 12.2. The van der Waals surface area contributed by atoms with E-state index in [4.69, 9.17) is 11.6 Å². The minimum Gasteiger partial charge on any atom is -0.319 e. The van der Waals surface area contributed by atoms with Crippen LogP contribution in [0.3, 0.4) is 0 Å². The summed E-state index contributed by atoms with van der Waals surface area (Å²) in [5.41, 5.74) is 3.41. The van der Waals surface area contributed by atoms with Gasteiger partial charge in [0.1, 0.15) is 5.69 Å². The van der Waals surface area contributed by atoms with Crippen molar-refractivity contribution in [2.24, 2.45) is 0 Å². The molecule has 0 radical (unpaired) electrons. The van der Waals surface area contributed by atoms with Crippen molar-refractivity contribution in [3.63, 3.8) is 0 Å². The van der Waals surface area contributed by atoms with E-state index in [1.165, 1.54) is 29.3 Å². The molecule has 0 aliphatic carbocycles. The van der Waals surface area contributed by atoms with E-state index >= 15 is 0 Å². The molecule has 25 heavy (non-hydrogen) atoms. The van der Waals surface area contributed by atoms with E-state index in [1.54, 1.807) is 0 Å². The lowest BCUT2D eigenvalue weighted by Crippen LogP contribution is -2.30. The zero-order valence-electron chi connectivity index (χ0n) is 14.4. The third-order valence-corrected chi connectivity index (χ3v) is 4.02. The van der Waals surface area contributed by atoms with Crippen LogP contribution in [0.5, 0.6) is 0 Å². The van der Waals surface area contributed by atoms with Crippen molar-refractivity contribution in [1.29, 1.82) is 0 Å². The van der Waals surface area contributed by atoms with Crippen LogP contribution in [0.1, 0.15) is 16.7 Å². The molecule has 1 N–H and O–H groups in total. The van der Waals surface area contributed by atoms with Crippen molar-refractivity contribution in [3.05, 3.63) is 68.2 Å². The molecule has 2 aromatic rings. The van der Waals surface area contributed by atoms with Gasteiger partial charge in [0.2, 0.25) is 5.91 Å². The summed E-state index contributed by atoms with van der Waals surface area (Å²) in [4.78, 5) is 24.6. The van der Waals surface area contributed by atoms with Crippen LogP contribution in [0.4, 0.5) is 11.4 Å². The molecule has 0 spiro atoms. The standard InChI is InChI=1S/C18H20ClN3O3/c1-12-4-5-14(13(2)8-12)10-21(3)11-18(23)20-16-7-6-15(19)9-17(16)22(24)25/h4-9H,10-11H2,1-3H3,(H,20,23). The first-order chi connectivity index (χ1) is 11.8. The quantitative estimate of drug-likeness (QED) is 0.624. The number of hydrogen-bond acceptors (Lipinski definition) is 4. The molecule has 0 heterocycles. The number of nitro benzene ring substituents is 1. The molecule has 0 saturated carbocycles. The number of nitrogens with zero attached hydrogens (tertiary/aromatic N) is 2. The molecular weight excluding hydrogens is 342 g/mol. The van der Waals surface area contributed by atoms with Gasteiger partial charge >= 0.3 is 0 Å². The molecule has 0 bridgehead atoms. The van der Waals surface area contributed by atoms with E-state index in [9.17, 15) is 14.9 Å². The van der Waals surface area contributed by atoms with Crippen LogP contribution >= 0.6 is 11.6 Å². The zero-order chi connectivity index (χ0) is 18.6. The number of hydrogen-bond donors (Lipinski definition) is 1. The number of carbonyl (C=O) groups excluding carboxylic acids is 1. The lowest BCUT2D eigenvalue weighted by Gasteiger charge is -2.18. The molecule has 0 atom stereocenters. The van der Waals surface area contributed by atoms with Crippen molar-refractivity contribution in [1.82, 2.24) is 4.90 Å². The third kappa shape index (κ3) is 5.27. The second-order valence-electron chi connectivity index (χ2n) is 6.07. The second kappa shape index (κ2) is 8.09. The third-order valence-electron chi connectivity index (χ3n) is 3.78. The molecule has 0 aliphatic rings. The minimum atomic E-state index is -0.569. The van der Waals surface area contributed by atoms with Crippen LogP contribution in [-0.4, -0.2) is 29.3 Å². The number of carbonyl (C=O) groups is 1. The molecular formula is C18H20ClN3O3. The number of anilines is 1. The van der Waals surface area contributed by atoms with Gasteiger partial charge in [-0.1, -0.05) is 35.4 Å². The molecule has 0 aromatic heterocycles. The summed E-state index contributed by atoms with van der Waals surface area (Å²) in [5.74, 6) is -0.322. The van der Waals surface area contributed by atoms with Gasteiger partial charge < -0.3 is 5.32 Å². The topological polar surface area (TPSA) is 75.5 Å². The Hall–Kier alpha value is -2.44. The smallest absolute Gasteiger partial charge is 0.294 e. The second-order valence-corrected chi connectivity index (χ2v) is 6.51. The van der Waals surface area contributed by atoms with E-state index < -0.39 is 4.92 Å². The Labute approximate surface area is 151 Å². The molecule has 132 valence electrons. The Morgan fingerprint density at radius 1 is 1.24 bits per heavy atom. The van der Waals surface area contributed by atoms with Crippen molar-refractivity contribution in [2.75, 3.05) is 18.9 Å². The monoisotopic (exact) mass is 361 g/mol. The van der Waals surface area contributed by atoms with Gasteiger partial charge in [0.25, 0.3) is 5.69 Å². The normalized spacial score (nSPS) is 10.8. The van der Waals surface area contributed by atoms with Gasteiger partial charge in [-0.25, -0.2) is 0 Å². The number of rotatable bonds is 6. The lowest BCUT2D eigenvalue weighted by molar-refractivity contribution is -0.383. The van der Waals surface area contributed by atoms with E-state index in [0.29, 0.717) is 6.54 Å². The SMILES string of the molecule is Cc1ccc(CN(C)CC(=O)Nc2ccc(Cl)cc2[N+](=O)[O-])c(C)c1. The maximum Gasteiger partial charge on any atom is 0.294 e. The first-order valence-electron chi connectivity index (χ1n) is 7.74. The van der Waals surface area contributed by atoms with Crippen LogP contribution in [0.2, 0.25) is 5.02 Å². The molecule has 1 amide bonds. The number of nitrogens with one attached hydrogen (secondary N) is 1. The highest BCUT2D eigenvalue weighted by Gasteiger charge is 2.17. The zero-order valence-corrected chi connectivity index (χ0v) is 15.1. The molecule has 0 saturated heterocycles. The molecule has 2 aromatic carbocycles. The Kier molecular flexibility index (Phi) is 6.12. The maximum absolute atomic E-state index is 12.2. The van der Waals surface area contributed by atoms with E-state index in [-0.39, 0.29) is 28.8 Å². The number of likely N-dealkylation sites (N-methyl/N-ethyl adjacent to an activating group) is 1. The van der Waals surface area contributed by atoms with Crippen molar-refractivity contribution < 1.29 is 9.72 Å². The number of nitro groups is 1. The fraction of sp³-hybridized carbons (Fsp3) is 0.278.